The van der Waals surface area contributed by atoms with Crippen molar-refractivity contribution in [3.8, 4) is 5.75 Å². The van der Waals surface area contributed by atoms with Crippen LogP contribution in [0.4, 0.5) is 5.69 Å². The summed E-state index contributed by atoms with van der Waals surface area (Å²) in [7, 11) is 5.02. The Bertz CT molecular complexity index is 551. The highest BCUT2D eigenvalue weighted by molar-refractivity contribution is 5.84. The van der Waals surface area contributed by atoms with E-state index in [9.17, 15) is 9.59 Å². The third-order valence-electron chi connectivity index (χ3n) is 4.25. The molecule has 7 nitrogen and oxygen atoms in total. The van der Waals surface area contributed by atoms with Gasteiger partial charge in [-0.3, -0.25) is 9.59 Å². The molecular weight excluding hydrogens is 308 g/mol. The normalized spacial score (nSPS) is 15.0. The first-order chi connectivity index (χ1) is 11.5. The van der Waals surface area contributed by atoms with Crippen molar-refractivity contribution in [1.82, 2.24) is 10.2 Å². The van der Waals surface area contributed by atoms with Crippen LogP contribution in [-0.2, 0) is 9.59 Å². The lowest BCUT2D eigenvalue weighted by atomic mass is 10.2. The number of hydrogen-bond acceptors (Lipinski definition) is 4. The van der Waals surface area contributed by atoms with Gasteiger partial charge >= 0.3 is 0 Å². The molecule has 0 radical (unpaired) electrons. The molecule has 1 saturated heterocycles. The average molecular weight is 335 g/mol. The second kappa shape index (κ2) is 8.54. The molecule has 1 aromatic carbocycles. The Morgan fingerprint density at radius 3 is 2.38 bits per heavy atom. The molecule has 0 aliphatic carbocycles. The summed E-state index contributed by atoms with van der Waals surface area (Å²) in [6.07, 6.45) is 0. The van der Waals surface area contributed by atoms with Crippen LogP contribution in [0.3, 0.4) is 0 Å². The number of rotatable bonds is 6. The van der Waals surface area contributed by atoms with Crippen LogP contribution >= 0.6 is 0 Å². The molecule has 0 unspecified atom stereocenters. The number of nitrogens with zero attached hydrogens (tertiary/aromatic N) is 2. The second-order valence-electron chi connectivity index (χ2n) is 6.18. The summed E-state index contributed by atoms with van der Waals surface area (Å²) in [5, 5.41) is 2.69. The van der Waals surface area contributed by atoms with E-state index in [2.05, 4.69) is 22.3 Å². The molecule has 0 bridgehead atoms. The number of ether oxygens (including phenoxy) is 1. The lowest BCUT2D eigenvalue weighted by Gasteiger charge is -2.33. The molecule has 2 amide bonds. The van der Waals surface area contributed by atoms with Gasteiger partial charge in [-0.15, -0.1) is 0 Å². The van der Waals surface area contributed by atoms with E-state index in [1.54, 1.807) is 21.2 Å². The van der Waals surface area contributed by atoms with Crippen molar-refractivity contribution in [3.63, 3.8) is 0 Å². The Labute approximate surface area is 143 Å². The minimum atomic E-state index is -0.0947. The Morgan fingerprint density at radius 1 is 1.21 bits per heavy atom. The molecule has 1 heterocycles. The second-order valence-corrected chi connectivity index (χ2v) is 6.18. The highest BCUT2D eigenvalue weighted by atomic mass is 16.5. The summed E-state index contributed by atoms with van der Waals surface area (Å²) >= 11 is 0. The van der Waals surface area contributed by atoms with Gasteiger partial charge in [-0.25, -0.2) is 0 Å². The topological polar surface area (TPSA) is 66.3 Å². The number of likely N-dealkylation sites (N-methyl/N-ethyl adjacent to an activating group) is 1. The Morgan fingerprint density at radius 2 is 1.83 bits per heavy atom. The molecule has 0 spiro atoms. The van der Waals surface area contributed by atoms with E-state index in [1.165, 1.54) is 15.5 Å². The molecule has 7 heteroatoms. The van der Waals surface area contributed by atoms with Crippen molar-refractivity contribution in [2.24, 2.45) is 0 Å². The van der Waals surface area contributed by atoms with Crippen LogP contribution in [-0.4, -0.2) is 77.2 Å². The number of piperazine rings is 1. The first-order valence-electron chi connectivity index (χ1n) is 8.19. The van der Waals surface area contributed by atoms with Gasteiger partial charge in [-0.1, -0.05) is 0 Å². The number of benzene rings is 1. The number of hydrogen-bond donors (Lipinski definition) is 2. The largest absolute Gasteiger partial charge is 0.497 e. The number of carbonyl (C=O) groups excluding carboxylic acids is 2. The number of quaternary nitrogens is 1. The van der Waals surface area contributed by atoms with Crippen LogP contribution in [0.25, 0.3) is 0 Å². The number of nitrogens with one attached hydrogen (secondary N) is 2. The monoisotopic (exact) mass is 335 g/mol. The minimum Gasteiger partial charge on any atom is -0.497 e. The Kier molecular flexibility index (Phi) is 6.43. The van der Waals surface area contributed by atoms with Gasteiger partial charge in [0.15, 0.2) is 6.54 Å². The van der Waals surface area contributed by atoms with Gasteiger partial charge in [0, 0.05) is 19.8 Å². The summed E-state index contributed by atoms with van der Waals surface area (Å²) in [6.45, 7) is 4.10. The number of amides is 2. The molecule has 0 aromatic heterocycles. The van der Waals surface area contributed by atoms with Crippen molar-refractivity contribution in [2.75, 3.05) is 65.4 Å². The Hall–Kier alpha value is -2.28. The molecule has 132 valence electrons. The van der Waals surface area contributed by atoms with Crippen molar-refractivity contribution >= 4 is 17.5 Å². The van der Waals surface area contributed by atoms with Crippen molar-refractivity contribution < 1.29 is 19.2 Å². The highest BCUT2D eigenvalue weighted by Gasteiger charge is 2.22. The van der Waals surface area contributed by atoms with Gasteiger partial charge in [-0.2, -0.15) is 0 Å². The zero-order valence-corrected chi connectivity index (χ0v) is 14.7. The van der Waals surface area contributed by atoms with Crippen LogP contribution < -0.4 is 19.9 Å². The minimum absolute atomic E-state index is 0.0666. The van der Waals surface area contributed by atoms with Crippen LogP contribution in [0.2, 0.25) is 0 Å². The predicted octanol–water partition coefficient (Wildman–Crippen LogP) is -1.40. The number of anilines is 1. The molecule has 2 rings (SSSR count). The first kappa shape index (κ1) is 18.1. The Balaban J connectivity index is 1.74. The molecule has 0 atom stereocenters. The van der Waals surface area contributed by atoms with E-state index >= 15 is 0 Å². The summed E-state index contributed by atoms with van der Waals surface area (Å²) in [6, 6.07) is 8.04. The summed E-state index contributed by atoms with van der Waals surface area (Å²) in [5.41, 5.74) is 1.18. The van der Waals surface area contributed by atoms with E-state index in [0.29, 0.717) is 6.54 Å². The van der Waals surface area contributed by atoms with Gasteiger partial charge in [-0.05, 0) is 24.3 Å². The summed E-state index contributed by atoms with van der Waals surface area (Å²) in [4.78, 5) is 28.4. The maximum absolute atomic E-state index is 11.9. The molecule has 1 aromatic rings. The van der Waals surface area contributed by atoms with Crippen molar-refractivity contribution in [3.05, 3.63) is 24.3 Å². The lowest BCUT2D eigenvalue weighted by Crippen LogP contribution is -3.16. The summed E-state index contributed by atoms with van der Waals surface area (Å²) in [5.74, 6) is 0.688. The van der Waals surface area contributed by atoms with E-state index in [-0.39, 0.29) is 18.4 Å². The molecule has 24 heavy (non-hydrogen) atoms. The molecule has 2 N–H and O–H groups in total. The molecule has 0 saturated carbocycles. The van der Waals surface area contributed by atoms with E-state index in [1.807, 2.05) is 12.1 Å². The van der Waals surface area contributed by atoms with Gasteiger partial charge in [0.25, 0.3) is 5.91 Å². The van der Waals surface area contributed by atoms with E-state index in [4.69, 9.17) is 4.74 Å². The van der Waals surface area contributed by atoms with Gasteiger partial charge in [0.1, 0.15) is 5.75 Å². The number of methoxy groups -OCH3 is 1. The van der Waals surface area contributed by atoms with Crippen LogP contribution in [0.15, 0.2) is 24.3 Å². The molecular formula is C17H27N4O3+. The summed E-state index contributed by atoms with van der Waals surface area (Å²) < 4.78 is 5.18. The van der Waals surface area contributed by atoms with Gasteiger partial charge < -0.3 is 24.8 Å². The third-order valence-corrected chi connectivity index (χ3v) is 4.25. The molecule has 1 fully saturated rings. The average Bonchev–Trinajstić information content (AvgIpc) is 2.60. The SMILES string of the molecule is COc1ccc(N2CC[NH+](CC(=O)NCC(=O)N(C)C)CC2)cc1. The molecule has 1 aliphatic rings. The lowest BCUT2D eigenvalue weighted by molar-refractivity contribution is -0.892. The fourth-order valence-corrected chi connectivity index (χ4v) is 2.67. The fraction of sp³-hybridized carbons (Fsp3) is 0.529. The van der Waals surface area contributed by atoms with Crippen molar-refractivity contribution in [2.45, 2.75) is 0 Å². The standard InChI is InChI=1S/C17H26N4O3/c1-19(2)17(23)12-18-16(22)13-20-8-10-21(11-9-20)14-4-6-15(24-3)7-5-14/h4-7H,8-13H2,1-3H3,(H,18,22)/p+1. The van der Waals surface area contributed by atoms with E-state index < -0.39 is 0 Å². The quantitative estimate of drug-likeness (QED) is 0.671. The van der Waals surface area contributed by atoms with Crippen LogP contribution in [0.1, 0.15) is 0 Å². The third kappa shape index (κ3) is 5.13. The fourth-order valence-electron chi connectivity index (χ4n) is 2.67. The smallest absolute Gasteiger partial charge is 0.275 e. The van der Waals surface area contributed by atoms with Crippen LogP contribution in [0.5, 0.6) is 5.75 Å². The van der Waals surface area contributed by atoms with Crippen LogP contribution in [0, 0.1) is 0 Å². The van der Waals surface area contributed by atoms with Crippen molar-refractivity contribution in [1.29, 1.82) is 0 Å². The van der Waals surface area contributed by atoms with E-state index in [0.717, 1.165) is 31.9 Å². The zero-order chi connectivity index (χ0) is 17.5. The zero-order valence-electron chi connectivity index (χ0n) is 14.7. The molecule has 1 aliphatic heterocycles. The maximum Gasteiger partial charge on any atom is 0.275 e. The van der Waals surface area contributed by atoms with Gasteiger partial charge in [0.05, 0.1) is 39.8 Å². The highest BCUT2D eigenvalue weighted by Crippen LogP contribution is 2.18. The maximum atomic E-state index is 11.9. The number of carbonyl (C=O) groups is 2. The van der Waals surface area contributed by atoms with Gasteiger partial charge in [0.2, 0.25) is 5.91 Å². The first-order valence-corrected chi connectivity index (χ1v) is 8.19. The predicted molar refractivity (Wildman–Crippen MR) is 92.5 cm³/mol.